The van der Waals surface area contributed by atoms with E-state index in [0.29, 0.717) is 0 Å². The van der Waals surface area contributed by atoms with Gasteiger partial charge in [-0.05, 0) is 56.3 Å². The summed E-state index contributed by atoms with van der Waals surface area (Å²) in [6, 6.07) is 0. The van der Waals surface area contributed by atoms with Crippen LogP contribution in [-0.2, 0) is 11.4 Å². The zero-order chi connectivity index (χ0) is 14.5. The fourth-order valence-corrected chi connectivity index (χ4v) is 7.80. The summed E-state index contributed by atoms with van der Waals surface area (Å²) in [5, 5.41) is 0. The molecule has 0 nitrogen and oxygen atoms in total. The number of hydrogen-bond donors (Lipinski definition) is 0. The quantitative estimate of drug-likeness (QED) is 0.468. The Morgan fingerprint density at radius 2 is 1.62 bits per heavy atom. The Kier molecular flexibility index (Phi) is 6.47. The highest BCUT2D eigenvalue weighted by Gasteiger charge is 2.35. The predicted octanol–water partition coefficient (Wildman–Crippen LogP) is 5.75. The molecule has 0 N–H and O–H groups in total. The molecule has 3 aliphatic rings. The molecule has 3 rings (SSSR count). The van der Waals surface area contributed by atoms with Gasteiger partial charge in [0.05, 0.1) is 0 Å². The van der Waals surface area contributed by atoms with Crippen LogP contribution in [0.5, 0.6) is 0 Å². The number of rotatable bonds is 4. The summed E-state index contributed by atoms with van der Waals surface area (Å²) < 4.78 is 1.81. The molecule has 0 aromatic carbocycles. The predicted molar refractivity (Wildman–Crippen MR) is 100 cm³/mol. The Balaban J connectivity index is 1.42. The van der Waals surface area contributed by atoms with Gasteiger partial charge >= 0.3 is 0 Å². The third-order valence-corrected chi connectivity index (χ3v) is 9.07. The molecular weight excluding hydrogens is 292 g/mol. The van der Waals surface area contributed by atoms with E-state index in [4.69, 9.17) is 0 Å². The van der Waals surface area contributed by atoms with Crippen LogP contribution in [0.1, 0.15) is 77.6 Å². The Bertz CT molecular complexity index is 333. The topological polar surface area (TPSA) is 0 Å². The third-order valence-electron chi connectivity index (χ3n) is 6.14. The lowest BCUT2D eigenvalue weighted by Gasteiger charge is -2.37. The van der Waals surface area contributed by atoms with E-state index < -0.39 is 0 Å². The monoisotopic (exact) mass is 325 g/mol. The highest BCUT2D eigenvalue weighted by molar-refractivity contribution is 8.23. The van der Waals surface area contributed by atoms with Gasteiger partial charge in [0, 0.05) is 18.1 Å². The molecule has 0 atom stereocenters. The van der Waals surface area contributed by atoms with E-state index in [1.165, 1.54) is 43.6 Å². The van der Waals surface area contributed by atoms with Gasteiger partial charge in [-0.1, -0.05) is 44.4 Å². The van der Waals surface area contributed by atoms with Gasteiger partial charge in [-0.3, -0.25) is 0 Å². The zero-order valence-corrected chi connectivity index (χ0v) is 15.5. The van der Waals surface area contributed by atoms with Crippen LogP contribution in [0.25, 0.3) is 0 Å². The van der Waals surface area contributed by atoms with E-state index in [1.807, 2.05) is 4.20 Å². The first-order valence-corrected chi connectivity index (χ1v) is 11.5. The molecule has 0 spiro atoms. The van der Waals surface area contributed by atoms with Crippen molar-refractivity contribution in [3.63, 3.8) is 0 Å². The molecule has 21 heavy (non-hydrogen) atoms. The maximum absolute atomic E-state index is 2.35. The van der Waals surface area contributed by atoms with Crippen LogP contribution in [0.3, 0.4) is 0 Å². The standard InChI is InChI=1S/C19H33S2/c1-2-4-15-5-7-16(8-6-15)17-9-11-18(12-10-17)19-20-13-3-14-21-19/h15-18H,2-14H2,1H3/q+1. The lowest BCUT2D eigenvalue weighted by molar-refractivity contribution is 0.156. The molecule has 2 fully saturated rings. The van der Waals surface area contributed by atoms with Crippen molar-refractivity contribution in [3.05, 3.63) is 0 Å². The molecule has 0 amide bonds. The average molecular weight is 326 g/mol. The first kappa shape index (κ1) is 16.3. The van der Waals surface area contributed by atoms with Crippen LogP contribution in [0, 0.1) is 23.7 Å². The Labute approximate surface area is 140 Å². The van der Waals surface area contributed by atoms with Crippen LogP contribution < -0.4 is 0 Å². The highest BCUT2D eigenvalue weighted by Crippen LogP contribution is 2.43. The van der Waals surface area contributed by atoms with Crippen molar-refractivity contribution >= 4 is 27.3 Å². The van der Waals surface area contributed by atoms with Crippen molar-refractivity contribution in [2.75, 3.05) is 11.5 Å². The van der Waals surface area contributed by atoms with E-state index in [2.05, 4.69) is 30.0 Å². The van der Waals surface area contributed by atoms with E-state index in [1.54, 1.807) is 38.5 Å². The van der Waals surface area contributed by atoms with Gasteiger partial charge in [-0.2, -0.15) is 0 Å². The minimum Gasteiger partial charge on any atom is -0.0694 e. The van der Waals surface area contributed by atoms with Crippen molar-refractivity contribution < 1.29 is 0 Å². The summed E-state index contributed by atoms with van der Waals surface area (Å²) in [5.74, 6) is 7.01. The van der Waals surface area contributed by atoms with Crippen molar-refractivity contribution in [2.45, 2.75) is 77.6 Å². The van der Waals surface area contributed by atoms with Gasteiger partial charge in [-0.15, -0.1) is 0 Å². The molecule has 1 heterocycles. The smallest absolute Gasteiger partial charge is 0.0694 e. The van der Waals surface area contributed by atoms with E-state index in [9.17, 15) is 0 Å². The summed E-state index contributed by atoms with van der Waals surface area (Å²) in [6.07, 6.45) is 16.6. The fourth-order valence-electron chi connectivity index (χ4n) is 4.86. The average Bonchev–Trinajstić information content (AvgIpc) is 2.57. The summed E-state index contributed by atoms with van der Waals surface area (Å²) in [5.41, 5.74) is 0. The zero-order valence-electron chi connectivity index (χ0n) is 13.8. The van der Waals surface area contributed by atoms with Gasteiger partial charge < -0.3 is 0 Å². The van der Waals surface area contributed by atoms with Crippen molar-refractivity contribution in [1.29, 1.82) is 0 Å². The first-order chi connectivity index (χ1) is 10.4. The maximum Gasteiger partial charge on any atom is 0.237 e. The van der Waals surface area contributed by atoms with Gasteiger partial charge in [0.1, 0.15) is 0 Å². The van der Waals surface area contributed by atoms with Crippen LogP contribution in [0.2, 0.25) is 0 Å². The van der Waals surface area contributed by atoms with Gasteiger partial charge in [-0.25, -0.2) is 0 Å². The second-order valence-electron chi connectivity index (χ2n) is 7.55. The van der Waals surface area contributed by atoms with Crippen molar-refractivity contribution in [2.24, 2.45) is 23.7 Å². The molecule has 2 saturated carbocycles. The molecule has 0 radical (unpaired) electrons. The fraction of sp³-hybridized carbons (Fsp3) is 0.947. The molecule has 1 aliphatic heterocycles. The Morgan fingerprint density at radius 1 is 0.952 bits per heavy atom. The number of hydrogen-bond acceptors (Lipinski definition) is 1. The molecule has 0 bridgehead atoms. The Hall–Kier alpha value is 0.440. The summed E-state index contributed by atoms with van der Waals surface area (Å²) in [7, 11) is 0. The molecular formula is C19H33S2+. The second-order valence-corrected chi connectivity index (χ2v) is 10.1. The van der Waals surface area contributed by atoms with Crippen molar-refractivity contribution in [1.82, 2.24) is 0 Å². The lowest BCUT2D eigenvalue weighted by Crippen LogP contribution is -2.28. The lowest BCUT2D eigenvalue weighted by atomic mass is 9.69. The van der Waals surface area contributed by atoms with E-state index in [-0.39, 0.29) is 0 Å². The minimum atomic E-state index is 0.966. The molecule has 0 aromatic rings. The summed E-state index contributed by atoms with van der Waals surface area (Å²) in [6.45, 7) is 2.35. The third kappa shape index (κ3) is 4.47. The summed E-state index contributed by atoms with van der Waals surface area (Å²) >= 11 is 4.38. The largest absolute Gasteiger partial charge is 0.237 e. The normalized spacial score (nSPS) is 38.0. The van der Waals surface area contributed by atoms with E-state index >= 15 is 0 Å². The molecule has 2 heteroatoms. The number of thioether (sulfide) groups is 1. The van der Waals surface area contributed by atoms with Gasteiger partial charge in [0.25, 0.3) is 0 Å². The maximum atomic E-state index is 2.35. The van der Waals surface area contributed by atoms with Crippen LogP contribution >= 0.6 is 11.8 Å². The molecule has 0 aromatic heterocycles. The van der Waals surface area contributed by atoms with Crippen molar-refractivity contribution in [3.8, 4) is 0 Å². The molecule has 2 aliphatic carbocycles. The van der Waals surface area contributed by atoms with Crippen LogP contribution in [0.4, 0.5) is 0 Å². The highest BCUT2D eigenvalue weighted by atomic mass is 32.2. The molecule has 0 unspecified atom stereocenters. The molecule has 120 valence electrons. The van der Waals surface area contributed by atoms with Gasteiger partial charge in [0.2, 0.25) is 4.20 Å². The van der Waals surface area contributed by atoms with Crippen LogP contribution in [-0.4, -0.2) is 15.7 Å². The van der Waals surface area contributed by atoms with E-state index in [0.717, 1.165) is 23.7 Å². The van der Waals surface area contributed by atoms with Gasteiger partial charge in [0.15, 0.2) is 17.1 Å². The van der Waals surface area contributed by atoms with Crippen LogP contribution in [0.15, 0.2) is 0 Å². The first-order valence-electron chi connectivity index (χ1n) is 9.49. The SMILES string of the molecule is CCCC1CCC(C2CCC(C3=[S+]CCCS3)CC2)CC1. The second kappa shape index (κ2) is 8.34. The Morgan fingerprint density at radius 3 is 2.19 bits per heavy atom. The summed E-state index contributed by atoms with van der Waals surface area (Å²) in [4.78, 5) is 0. The molecule has 0 saturated heterocycles. The minimum absolute atomic E-state index is 0.966.